The molecule has 1 aromatic carbocycles. The molecule has 0 atom stereocenters. The Morgan fingerprint density at radius 2 is 1.82 bits per heavy atom. The van der Waals surface area contributed by atoms with Gasteiger partial charge in [-0.3, -0.25) is 0 Å². The summed E-state index contributed by atoms with van der Waals surface area (Å²) in [5.74, 6) is 0. The largest absolute Gasteiger partial charge is 0.368 e. The molecule has 4 nitrogen and oxygen atoms in total. The molecule has 0 saturated heterocycles. The number of rotatable bonds is 3. The molecule has 0 amide bonds. The van der Waals surface area contributed by atoms with E-state index in [0.717, 1.165) is 0 Å². The van der Waals surface area contributed by atoms with Crippen molar-refractivity contribution in [2.75, 3.05) is 14.1 Å². The first-order chi connectivity index (χ1) is 7.74. The van der Waals surface area contributed by atoms with Crippen LogP contribution in [-0.4, -0.2) is 33.8 Å². The summed E-state index contributed by atoms with van der Waals surface area (Å²) in [6.45, 7) is 1.70. The maximum atomic E-state index is 11.9. The first-order valence-electron chi connectivity index (χ1n) is 4.66. The van der Waals surface area contributed by atoms with E-state index in [9.17, 15) is 8.42 Å². The van der Waals surface area contributed by atoms with Crippen molar-refractivity contribution >= 4 is 39.6 Å². The highest BCUT2D eigenvalue weighted by Crippen LogP contribution is 2.29. The molecule has 17 heavy (non-hydrogen) atoms. The van der Waals surface area contributed by atoms with Gasteiger partial charge in [-0.2, -0.15) is 8.42 Å². The Hall–Kier alpha value is -0.780. The van der Waals surface area contributed by atoms with E-state index in [1.165, 1.54) is 23.4 Å². The molecular weight excluding hydrogens is 283 g/mol. The Morgan fingerprint density at radius 3 is 2.35 bits per heavy atom. The van der Waals surface area contributed by atoms with Gasteiger partial charge in [-0.25, -0.2) is 0 Å². The van der Waals surface area contributed by atoms with Crippen LogP contribution in [0, 0.1) is 6.92 Å². The van der Waals surface area contributed by atoms with E-state index in [-0.39, 0.29) is 9.92 Å². The minimum Gasteiger partial charge on any atom is -0.368 e. The lowest BCUT2D eigenvalue weighted by Crippen LogP contribution is -2.10. The highest BCUT2D eigenvalue weighted by atomic mass is 35.5. The number of nitrogens with zero attached hydrogens (tertiary/aromatic N) is 2. The quantitative estimate of drug-likeness (QED) is 0.636. The smallest absolute Gasteiger partial charge is 0.285 e. The summed E-state index contributed by atoms with van der Waals surface area (Å²) in [7, 11) is -0.439. The molecule has 94 valence electrons. The summed E-state index contributed by atoms with van der Waals surface area (Å²) < 4.78 is 27.2. The minimum absolute atomic E-state index is 0.0424. The summed E-state index contributed by atoms with van der Waals surface area (Å²) >= 11 is 11.7. The average Bonchev–Trinajstić information content (AvgIpc) is 2.20. The van der Waals surface area contributed by atoms with Gasteiger partial charge in [0.1, 0.15) is 11.2 Å². The fourth-order valence-electron chi connectivity index (χ4n) is 1.04. The Balaban J connectivity index is 3.30. The van der Waals surface area contributed by atoms with E-state index in [2.05, 4.69) is 4.40 Å². The van der Waals surface area contributed by atoms with Gasteiger partial charge in [0.05, 0.1) is 5.02 Å². The second kappa shape index (κ2) is 5.25. The number of sulfonamides is 1. The van der Waals surface area contributed by atoms with Crippen molar-refractivity contribution in [1.29, 1.82) is 0 Å². The normalized spacial score (nSPS) is 12.1. The summed E-state index contributed by atoms with van der Waals surface area (Å²) in [5.41, 5.74) is 0.634. The SMILES string of the molecule is Cc1cc(S(=O)(=O)/N=C/N(C)C)c(Cl)cc1Cl. The van der Waals surface area contributed by atoms with Crippen molar-refractivity contribution in [1.82, 2.24) is 4.90 Å². The van der Waals surface area contributed by atoms with Crippen molar-refractivity contribution < 1.29 is 8.42 Å². The van der Waals surface area contributed by atoms with Crippen molar-refractivity contribution in [3.63, 3.8) is 0 Å². The number of benzene rings is 1. The third-order valence-corrected chi connectivity index (χ3v) is 4.01. The van der Waals surface area contributed by atoms with Gasteiger partial charge >= 0.3 is 0 Å². The van der Waals surface area contributed by atoms with Gasteiger partial charge in [0.15, 0.2) is 0 Å². The summed E-state index contributed by atoms with van der Waals surface area (Å²) in [6, 6.07) is 2.81. The molecule has 0 unspecified atom stereocenters. The van der Waals surface area contributed by atoms with Crippen LogP contribution < -0.4 is 0 Å². The van der Waals surface area contributed by atoms with Crippen molar-refractivity contribution in [3.05, 3.63) is 27.7 Å². The van der Waals surface area contributed by atoms with E-state index < -0.39 is 10.0 Å². The Kier molecular flexibility index (Phi) is 4.41. The molecule has 0 aliphatic rings. The molecule has 0 radical (unpaired) electrons. The van der Waals surface area contributed by atoms with E-state index in [0.29, 0.717) is 10.6 Å². The molecule has 1 aromatic rings. The van der Waals surface area contributed by atoms with E-state index in [1.54, 1.807) is 21.0 Å². The van der Waals surface area contributed by atoms with E-state index in [4.69, 9.17) is 23.2 Å². The number of hydrogen-bond donors (Lipinski definition) is 0. The van der Waals surface area contributed by atoms with Gasteiger partial charge in [-0.1, -0.05) is 23.2 Å². The lowest BCUT2D eigenvalue weighted by atomic mass is 10.2. The molecule has 0 saturated carbocycles. The van der Waals surface area contributed by atoms with Crippen LogP contribution in [0.25, 0.3) is 0 Å². The van der Waals surface area contributed by atoms with Crippen molar-refractivity contribution in [3.8, 4) is 0 Å². The molecule has 0 aliphatic heterocycles. The second-order valence-electron chi connectivity index (χ2n) is 3.69. The maximum Gasteiger partial charge on any atom is 0.285 e. The Bertz CT molecular complexity index is 554. The predicted molar refractivity (Wildman–Crippen MR) is 70.6 cm³/mol. The summed E-state index contributed by atoms with van der Waals surface area (Å²) in [5, 5.41) is 0.488. The fourth-order valence-corrected chi connectivity index (χ4v) is 2.77. The van der Waals surface area contributed by atoms with Gasteiger partial charge in [-0.15, -0.1) is 4.40 Å². The van der Waals surface area contributed by atoms with Gasteiger partial charge in [-0.05, 0) is 24.6 Å². The molecule has 1 rings (SSSR count). The van der Waals surface area contributed by atoms with Crippen LogP contribution in [0.4, 0.5) is 0 Å². The van der Waals surface area contributed by atoms with Gasteiger partial charge < -0.3 is 4.90 Å². The second-order valence-corrected chi connectivity index (χ2v) is 6.11. The lowest BCUT2D eigenvalue weighted by Gasteiger charge is -2.06. The molecule has 0 aromatic heterocycles. The molecule has 0 spiro atoms. The zero-order valence-corrected chi connectivity index (χ0v) is 11.9. The Morgan fingerprint density at radius 1 is 1.24 bits per heavy atom. The van der Waals surface area contributed by atoms with Crippen LogP contribution in [0.2, 0.25) is 10.0 Å². The first-order valence-corrected chi connectivity index (χ1v) is 6.86. The zero-order chi connectivity index (χ0) is 13.2. The number of hydrogen-bond acceptors (Lipinski definition) is 2. The van der Waals surface area contributed by atoms with Gasteiger partial charge in [0, 0.05) is 19.1 Å². The molecule has 0 bridgehead atoms. The molecule has 0 N–H and O–H groups in total. The highest BCUT2D eigenvalue weighted by molar-refractivity contribution is 7.90. The third-order valence-electron chi connectivity index (χ3n) is 1.91. The number of halogens is 2. The average molecular weight is 295 g/mol. The zero-order valence-electron chi connectivity index (χ0n) is 9.61. The van der Waals surface area contributed by atoms with Crippen molar-refractivity contribution in [2.24, 2.45) is 4.40 Å². The predicted octanol–water partition coefficient (Wildman–Crippen LogP) is 2.58. The molecule has 0 fully saturated rings. The summed E-state index contributed by atoms with van der Waals surface area (Å²) in [6.07, 6.45) is 1.20. The monoisotopic (exact) mass is 294 g/mol. The maximum absolute atomic E-state index is 11.9. The van der Waals surface area contributed by atoms with Crippen LogP contribution in [0.3, 0.4) is 0 Å². The van der Waals surface area contributed by atoms with Crippen LogP contribution in [-0.2, 0) is 10.0 Å². The highest BCUT2D eigenvalue weighted by Gasteiger charge is 2.18. The number of aryl methyl sites for hydroxylation is 1. The summed E-state index contributed by atoms with van der Waals surface area (Å²) in [4.78, 5) is 1.48. The van der Waals surface area contributed by atoms with Crippen LogP contribution >= 0.6 is 23.2 Å². The lowest BCUT2D eigenvalue weighted by molar-refractivity contribution is 0.595. The van der Waals surface area contributed by atoms with Crippen LogP contribution in [0.1, 0.15) is 5.56 Å². The molecular formula is C10H12Cl2N2O2S. The van der Waals surface area contributed by atoms with Gasteiger partial charge in [0.2, 0.25) is 0 Å². The van der Waals surface area contributed by atoms with E-state index in [1.807, 2.05) is 0 Å². The Labute approximate surface area is 111 Å². The minimum atomic E-state index is -3.79. The molecule has 0 aliphatic carbocycles. The molecule has 0 heterocycles. The topological polar surface area (TPSA) is 49.7 Å². The van der Waals surface area contributed by atoms with Crippen LogP contribution in [0.5, 0.6) is 0 Å². The van der Waals surface area contributed by atoms with Gasteiger partial charge in [0.25, 0.3) is 10.0 Å². The molecule has 7 heteroatoms. The fraction of sp³-hybridized carbons (Fsp3) is 0.300. The first kappa shape index (κ1) is 14.3. The van der Waals surface area contributed by atoms with Crippen molar-refractivity contribution in [2.45, 2.75) is 11.8 Å². The van der Waals surface area contributed by atoms with Crippen LogP contribution in [0.15, 0.2) is 21.4 Å². The standard InChI is InChI=1S/C10H12Cl2N2O2S/c1-7-4-10(9(12)5-8(7)11)17(15,16)13-6-14(2)3/h4-6H,1-3H3/b13-6+. The third kappa shape index (κ3) is 3.59. The van der Waals surface area contributed by atoms with E-state index >= 15 is 0 Å².